The molecule has 0 saturated heterocycles. The molecule has 5 heteroatoms. The number of aryl methyl sites for hydroxylation is 1. The van der Waals surface area contributed by atoms with E-state index in [0.717, 1.165) is 41.0 Å². The van der Waals surface area contributed by atoms with Crippen molar-refractivity contribution >= 4 is 22.4 Å². The van der Waals surface area contributed by atoms with Gasteiger partial charge in [-0.3, -0.25) is 4.79 Å². The first-order valence-electron chi connectivity index (χ1n) is 11.3. The third kappa shape index (κ3) is 5.49. The molecule has 1 amide bonds. The second-order valence-corrected chi connectivity index (χ2v) is 8.83. The van der Waals surface area contributed by atoms with Crippen molar-refractivity contribution in [3.8, 4) is 17.0 Å². The van der Waals surface area contributed by atoms with Crippen LogP contribution >= 0.6 is 11.3 Å². The Morgan fingerprint density at radius 3 is 2.06 bits per heavy atom. The summed E-state index contributed by atoms with van der Waals surface area (Å²) in [7, 11) is 0. The average Bonchev–Trinajstić information content (AvgIpc) is 3.23. The van der Waals surface area contributed by atoms with Crippen molar-refractivity contribution in [1.29, 1.82) is 0 Å². The van der Waals surface area contributed by atoms with E-state index in [9.17, 15) is 4.79 Å². The summed E-state index contributed by atoms with van der Waals surface area (Å²) in [5.74, 6) is 0.359. The number of ether oxygens (including phenoxy) is 1. The van der Waals surface area contributed by atoms with E-state index in [-0.39, 0.29) is 5.91 Å². The zero-order valence-electron chi connectivity index (χ0n) is 19.0. The van der Waals surface area contributed by atoms with Gasteiger partial charge in [0.25, 0.3) is 0 Å². The van der Waals surface area contributed by atoms with Gasteiger partial charge in [0.05, 0.1) is 18.2 Å². The monoisotopic (exact) mass is 456 g/mol. The van der Waals surface area contributed by atoms with Gasteiger partial charge in [0.15, 0.2) is 5.13 Å². The van der Waals surface area contributed by atoms with Gasteiger partial charge in [0, 0.05) is 10.4 Å². The molecule has 0 spiro atoms. The smallest absolute Gasteiger partial charge is 0.238 e. The zero-order chi connectivity index (χ0) is 23.0. The second kappa shape index (κ2) is 10.9. The lowest BCUT2D eigenvalue weighted by Crippen LogP contribution is -2.22. The second-order valence-electron chi connectivity index (χ2n) is 7.74. The van der Waals surface area contributed by atoms with Crippen LogP contribution in [0.4, 0.5) is 5.13 Å². The number of hydrogen-bond donors (Lipinski definition) is 1. The molecule has 0 unspecified atom stereocenters. The van der Waals surface area contributed by atoms with Gasteiger partial charge in [-0.25, -0.2) is 4.98 Å². The third-order valence-electron chi connectivity index (χ3n) is 5.37. The van der Waals surface area contributed by atoms with E-state index in [0.29, 0.717) is 11.7 Å². The molecule has 0 radical (unpaired) electrons. The molecule has 1 aromatic heterocycles. The summed E-state index contributed by atoms with van der Waals surface area (Å²) in [6, 6.07) is 27.7. The Morgan fingerprint density at radius 1 is 0.909 bits per heavy atom. The van der Waals surface area contributed by atoms with E-state index in [2.05, 4.69) is 12.2 Å². The van der Waals surface area contributed by atoms with Gasteiger partial charge in [0.2, 0.25) is 5.91 Å². The first kappa shape index (κ1) is 22.7. The van der Waals surface area contributed by atoms with E-state index in [4.69, 9.17) is 9.72 Å². The molecule has 0 fully saturated rings. The summed E-state index contributed by atoms with van der Waals surface area (Å²) >= 11 is 1.56. The number of benzene rings is 3. The maximum atomic E-state index is 13.5. The third-order valence-corrected chi connectivity index (χ3v) is 6.40. The minimum atomic E-state index is -0.403. The number of thiazole rings is 1. The standard InChI is InChI=1S/C28H28N2O2S/c1-3-11-24-26(22-16-18-23(19-17-22)32-4-2)29-28(33-24)30-27(31)25(20-12-7-5-8-13-20)21-14-9-6-10-15-21/h5-10,12-19,25H,3-4,11H2,1-2H3,(H,29,30,31). The van der Waals surface area contributed by atoms with Gasteiger partial charge in [-0.1, -0.05) is 74.0 Å². The van der Waals surface area contributed by atoms with Crippen molar-refractivity contribution in [3.63, 3.8) is 0 Å². The number of anilines is 1. The Morgan fingerprint density at radius 2 is 1.52 bits per heavy atom. The Labute approximate surface area is 199 Å². The van der Waals surface area contributed by atoms with E-state index >= 15 is 0 Å². The van der Waals surface area contributed by atoms with Crippen molar-refractivity contribution < 1.29 is 9.53 Å². The van der Waals surface area contributed by atoms with Crippen LogP contribution in [0.2, 0.25) is 0 Å². The molecule has 4 nitrogen and oxygen atoms in total. The fourth-order valence-corrected chi connectivity index (χ4v) is 4.95. The van der Waals surface area contributed by atoms with Crippen molar-refractivity contribution in [1.82, 2.24) is 4.98 Å². The number of aromatic nitrogens is 1. The Kier molecular flexibility index (Phi) is 7.53. The van der Waals surface area contributed by atoms with Crippen molar-refractivity contribution in [2.24, 2.45) is 0 Å². The molecule has 1 heterocycles. The average molecular weight is 457 g/mol. The maximum absolute atomic E-state index is 13.5. The van der Waals surface area contributed by atoms with Crippen LogP contribution in [-0.2, 0) is 11.2 Å². The number of hydrogen-bond acceptors (Lipinski definition) is 4. The molecular weight excluding hydrogens is 428 g/mol. The Hall–Kier alpha value is -3.44. The lowest BCUT2D eigenvalue weighted by Gasteiger charge is -2.17. The van der Waals surface area contributed by atoms with E-state index in [1.165, 1.54) is 4.88 Å². The predicted molar refractivity (Wildman–Crippen MR) is 136 cm³/mol. The number of nitrogens with zero attached hydrogens (tertiary/aromatic N) is 1. The lowest BCUT2D eigenvalue weighted by atomic mass is 9.90. The Balaban J connectivity index is 1.63. The lowest BCUT2D eigenvalue weighted by molar-refractivity contribution is -0.116. The minimum Gasteiger partial charge on any atom is -0.494 e. The minimum absolute atomic E-state index is 0.0811. The number of rotatable bonds is 9. The quantitative estimate of drug-likeness (QED) is 0.297. The number of nitrogens with one attached hydrogen (secondary N) is 1. The summed E-state index contributed by atoms with van der Waals surface area (Å²) in [4.78, 5) is 19.5. The summed E-state index contributed by atoms with van der Waals surface area (Å²) in [5.41, 5.74) is 3.87. The fraction of sp³-hybridized carbons (Fsp3) is 0.214. The highest BCUT2D eigenvalue weighted by Crippen LogP contribution is 2.34. The van der Waals surface area contributed by atoms with Gasteiger partial charge in [0.1, 0.15) is 5.75 Å². The SMILES string of the molecule is CCCc1sc(NC(=O)C(c2ccccc2)c2ccccc2)nc1-c1ccc(OCC)cc1. The Bertz CT molecular complexity index is 1130. The molecule has 0 aliphatic heterocycles. The number of carbonyl (C=O) groups excluding carboxylic acids is 1. The summed E-state index contributed by atoms with van der Waals surface area (Å²) in [6.07, 6.45) is 1.92. The van der Waals surface area contributed by atoms with Crippen molar-refractivity contribution in [3.05, 3.63) is 101 Å². The normalized spacial score (nSPS) is 10.9. The van der Waals surface area contributed by atoms with Crippen LogP contribution in [-0.4, -0.2) is 17.5 Å². The van der Waals surface area contributed by atoms with Crippen molar-refractivity contribution in [2.75, 3.05) is 11.9 Å². The molecule has 0 bridgehead atoms. The van der Waals surface area contributed by atoms with Gasteiger partial charge < -0.3 is 10.1 Å². The fourth-order valence-electron chi connectivity index (χ4n) is 3.87. The topological polar surface area (TPSA) is 51.2 Å². The zero-order valence-corrected chi connectivity index (χ0v) is 19.8. The van der Waals surface area contributed by atoms with E-state index in [1.54, 1.807) is 11.3 Å². The molecule has 1 N–H and O–H groups in total. The van der Waals surface area contributed by atoms with Gasteiger partial charge in [-0.15, -0.1) is 11.3 Å². The van der Waals surface area contributed by atoms with E-state index in [1.807, 2.05) is 91.9 Å². The first-order valence-corrected chi connectivity index (χ1v) is 12.1. The summed E-state index contributed by atoms with van der Waals surface area (Å²) in [6.45, 7) is 4.76. The predicted octanol–water partition coefficient (Wildman–Crippen LogP) is 6.93. The van der Waals surface area contributed by atoms with E-state index < -0.39 is 5.92 Å². The highest BCUT2D eigenvalue weighted by Gasteiger charge is 2.24. The molecule has 33 heavy (non-hydrogen) atoms. The molecule has 3 aromatic carbocycles. The molecule has 0 atom stereocenters. The molecule has 0 aliphatic rings. The van der Waals surface area contributed by atoms with Crippen LogP contribution in [0.1, 0.15) is 42.2 Å². The first-order chi connectivity index (χ1) is 16.2. The van der Waals surface area contributed by atoms with Crippen LogP contribution in [0.15, 0.2) is 84.9 Å². The molecule has 4 aromatic rings. The number of amides is 1. The summed E-state index contributed by atoms with van der Waals surface area (Å²) < 4.78 is 5.57. The molecular formula is C28H28N2O2S. The van der Waals surface area contributed by atoms with Gasteiger partial charge >= 0.3 is 0 Å². The van der Waals surface area contributed by atoms with Gasteiger partial charge in [-0.05, 0) is 48.7 Å². The molecule has 4 rings (SSSR count). The highest BCUT2D eigenvalue weighted by atomic mass is 32.1. The van der Waals surface area contributed by atoms with Crippen molar-refractivity contribution in [2.45, 2.75) is 32.6 Å². The van der Waals surface area contributed by atoms with Crippen LogP contribution in [0.5, 0.6) is 5.75 Å². The van der Waals surface area contributed by atoms with Gasteiger partial charge in [-0.2, -0.15) is 0 Å². The van der Waals surface area contributed by atoms with Crippen LogP contribution < -0.4 is 10.1 Å². The number of carbonyl (C=O) groups is 1. The molecule has 168 valence electrons. The van der Waals surface area contributed by atoms with Crippen LogP contribution in [0, 0.1) is 0 Å². The van der Waals surface area contributed by atoms with Crippen LogP contribution in [0.3, 0.4) is 0 Å². The molecule has 0 saturated carbocycles. The van der Waals surface area contributed by atoms with Crippen LogP contribution in [0.25, 0.3) is 11.3 Å². The maximum Gasteiger partial charge on any atom is 0.238 e. The highest BCUT2D eigenvalue weighted by molar-refractivity contribution is 7.16. The largest absolute Gasteiger partial charge is 0.494 e. The molecule has 0 aliphatic carbocycles. The summed E-state index contributed by atoms with van der Waals surface area (Å²) in [5, 5.41) is 3.73.